The summed E-state index contributed by atoms with van der Waals surface area (Å²) in [6.07, 6.45) is 0.894. The number of hydrogen-bond donors (Lipinski definition) is 1. The topological polar surface area (TPSA) is 70.2 Å². The Morgan fingerprint density at radius 2 is 1.68 bits per heavy atom. The molecule has 5 nitrogen and oxygen atoms in total. The minimum Gasteiger partial charge on any atom is -0.307 e. The first kappa shape index (κ1) is 21.0. The first-order chi connectivity index (χ1) is 16.4. The zero-order chi connectivity index (χ0) is 23.3. The van der Waals surface area contributed by atoms with E-state index in [1.54, 1.807) is 36.0 Å². The number of imide groups is 1. The number of thiazole rings is 1. The molecule has 3 heterocycles. The van der Waals surface area contributed by atoms with E-state index >= 15 is 0 Å². The molecular formula is C26H21ClN2O3S2. The maximum atomic E-state index is 13.7. The van der Waals surface area contributed by atoms with Crippen molar-refractivity contribution < 1.29 is 9.59 Å². The molecule has 7 rings (SSSR count). The summed E-state index contributed by atoms with van der Waals surface area (Å²) < 4.78 is 0. The molecule has 2 aliphatic heterocycles. The van der Waals surface area contributed by atoms with Gasteiger partial charge in [0.25, 0.3) is 0 Å². The van der Waals surface area contributed by atoms with Crippen LogP contribution in [0.15, 0.2) is 58.4 Å². The molecule has 2 bridgehead atoms. The van der Waals surface area contributed by atoms with Crippen molar-refractivity contribution in [2.75, 3.05) is 4.90 Å². The molecule has 6 unspecified atom stereocenters. The first-order valence-corrected chi connectivity index (χ1v) is 13.6. The van der Waals surface area contributed by atoms with E-state index in [0.717, 1.165) is 16.3 Å². The van der Waals surface area contributed by atoms with Gasteiger partial charge in [0.05, 0.1) is 22.5 Å². The van der Waals surface area contributed by atoms with Crippen molar-refractivity contribution in [1.29, 1.82) is 0 Å². The van der Waals surface area contributed by atoms with Gasteiger partial charge >= 0.3 is 4.87 Å². The number of H-pyrrole nitrogens is 1. The summed E-state index contributed by atoms with van der Waals surface area (Å²) in [5.74, 6) is -0.207. The molecule has 2 aromatic carbocycles. The van der Waals surface area contributed by atoms with Crippen LogP contribution in [0.2, 0.25) is 5.02 Å². The van der Waals surface area contributed by atoms with E-state index in [-0.39, 0.29) is 57.4 Å². The van der Waals surface area contributed by atoms with Crippen LogP contribution in [0.1, 0.15) is 28.3 Å². The number of fused-ring (bicyclic) bond motifs is 9. The molecule has 7 atom stereocenters. The molecule has 2 aliphatic carbocycles. The SMILES string of the molecule is Cc1ccccc1[C@H]1c2sc(=O)[nH]c2SC2C3CC(C4C(=O)N(c5ccc(Cl)cc5)C(=O)C34)C21. The smallest absolute Gasteiger partial charge is 0.305 e. The number of rotatable bonds is 2. The van der Waals surface area contributed by atoms with Gasteiger partial charge < -0.3 is 4.98 Å². The molecule has 2 amide bonds. The number of anilines is 1. The number of nitrogens with zero attached hydrogens (tertiary/aromatic N) is 1. The zero-order valence-corrected chi connectivity index (χ0v) is 20.6. The van der Waals surface area contributed by atoms with E-state index in [0.29, 0.717) is 10.7 Å². The number of hydrogen-bond acceptors (Lipinski definition) is 5. The van der Waals surface area contributed by atoms with Crippen molar-refractivity contribution in [1.82, 2.24) is 4.98 Å². The average Bonchev–Trinajstić information content (AvgIpc) is 3.54. The van der Waals surface area contributed by atoms with Gasteiger partial charge in [-0.3, -0.25) is 19.3 Å². The van der Waals surface area contributed by atoms with E-state index < -0.39 is 0 Å². The quantitative estimate of drug-likeness (QED) is 0.490. The normalized spacial score (nSPS) is 33.2. The van der Waals surface area contributed by atoms with Crippen LogP contribution in [0.25, 0.3) is 0 Å². The third kappa shape index (κ3) is 2.72. The van der Waals surface area contributed by atoms with Gasteiger partial charge in [-0.25, -0.2) is 0 Å². The van der Waals surface area contributed by atoms with Crippen molar-refractivity contribution in [3.63, 3.8) is 0 Å². The molecule has 8 heteroatoms. The van der Waals surface area contributed by atoms with E-state index in [1.807, 2.05) is 6.07 Å². The Hall–Kier alpha value is -2.35. The maximum absolute atomic E-state index is 13.7. The van der Waals surface area contributed by atoms with Crippen molar-refractivity contribution in [3.8, 4) is 0 Å². The highest BCUT2D eigenvalue weighted by atomic mass is 35.5. The standard InChI is InChI=1S/C26H21ClN2O3S2/c1-11-4-2-3-5-14(11)17-18-15-10-16(21(18)33-23-22(17)34-26(32)28-23)20-19(15)24(30)29(25(20)31)13-8-6-12(27)7-9-13/h2-9,15-21H,10H2,1H3,(H,28,32)/t15?,16?,17-,18?,19?,20?,21?/m1/s1. The van der Waals surface area contributed by atoms with Gasteiger partial charge in [0.1, 0.15) is 0 Å². The molecule has 1 aromatic heterocycles. The highest BCUT2D eigenvalue weighted by Crippen LogP contribution is 2.68. The Morgan fingerprint density at radius 3 is 2.41 bits per heavy atom. The van der Waals surface area contributed by atoms with Gasteiger partial charge in [0.15, 0.2) is 0 Å². The van der Waals surface area contributed by atoms with Crippen LogP contribution in [0.3, 0.4) is 0 Å². The third-order valence-electron chi connectivity index (χ3n) is 8.33. The number of amides is 2. The Kier molecular flexibility index (Phi) is 4.52. The lowest BCUT2D eigenvalue weighted by molar-refractivity contribution is -0.123. The number of thioether (sulfide) groups is 1. The molecule has 0 radical (unpaired) electrons. The van der Waals surface area contributed by atoms with E-state index in [2.05, 4.69) is 30.1 Å². The van der Waals surface area contributed by atoms with Gasteiger partial charge in [0, 0.05) is 21.1 Å². The number of carbonyl (C=O) groups is 2. The summed E-state index contributed by atoms with van der Waals surface area (Å²) >= 11 is 9.06. The van der Waals surface area contributed by atoms with Gasteiger partial charge in [0.2, 0.25) is 11.8 Å². The van der Waals surface area contributed by atoms with Gasteiger partial charge in [-0.15, -0.1) is 11.8 Å². The third-order valence-corrected chi connectivity index (χ3v) is 11.2. The number of carbonyl (C=O) groups excluding carboxylic acids is 2. The van der Waals surface area contributed by atoms with Crippen molar-refractivity contribution in [3.05, 3.63) is 79.2 Å². The lowest BCUT2D eigenvalue weighted by Gasteiger charge is -2.43. The highest BCUT2D eigenvalue weighted by Gasteiger charge is 2.69. The fraction of sp³-hybridized carbons (Fsp3) is 0.346. The van der Waals surface area contributed by atoms with Crippen molar-refractivity contribution in [2.24, 2.45) is 29.6 Å². The molecule has 172 valence electrons. The summed E-state index contributed by atoms with van der Waals surface area (Å²) in [6, 6.07) is 15.3. The van der Waals surface area contributed by atoms with Crippen LogP contribution < -0.4 is 9.77 Å². The molecule has 2 saturated carbocycles. The van der Waals surface area contributed by atoms with Crippen LogP contribution in [0, 0.1) is 36.5 Å². The maximum Gasteiger partial charge on any atom is 0.305 e. The lowest BCUT2D eigenvalue weighted by Crippen LogP contribution is -2.42. The fourth-order valence-corrected chi connectivity index (χ4v) is 10.2. The van der Waals surface area contributed by atoms with Crippen LogP contribution in [0.4, 0.5) is 5.69 Å². The predicted octanol–water partition coefficient (Wildman–Crippen LogP) is 5.08. The second-order valence-electron chi connectivity index (χ2n) is 9.81. The fourth-order valence-electron chi connectivity index (χ4n) is 7.15. The molecule has 34 heavy (non-hydrogen) atoms. The Bertz CT molecular complexity index is 1410. The van der Waals surface area contributed by atoms with E-state index in [1.165, 1.54) is 27.4 Å². The predicted molar refractivity (Wildman–Crippen MR) is 134 cm³/mol. The summed E-state index contributed by atoms with van der Waals surface area (Å²) in [7, 11) is 0. The van der Waals surface area contributed by atoms with Gasteiger partial charge in [-0.05, 0) is 66.5 Å². The number of nitrogens with one attached hydrogen (secondary N) is 1. The molecule has 1 saturated heterocycles. The number of benzene rings is 2. The number of halogens is 1. The van der Waals surface area contributed by atoms with Crippen LogP contribution >= 0.6 is 34.7 Å². The van der Waals surface area contributed by atoms with Gasteiger partial charge in [-0.1, -0.05) is 47.2 Å². The van der Waals surface area contributed by atoms with Crippen LogP contribution in [0.5, 0.6) is 0 Å². The van der Waals surface area contributed by atoms with Gasteiger partial charge in [-0.2, -0.15) is 0 Å². The zero-order valence-electron chi connectivity index (χ0n) is 18.2. The summed E-state index contributed by atoms with van der Waals surface area (Å²) in [5.41, 5.74) is 3.02. The number of aromatic amines is 1. The summed E-state index contributed by atoms with van der Waals surface area (Å²) in [5, 5.41) is 1.72. The molecule has 0 spiro atoms. The second-order valence-corrected chi connectivity index (χ2v) is 12.4. The summed E-state index contributed by atoms with van der Waals surface area (Å²) in [6.45, 7) is 2.11. The van der Waals surface area contributed by atoms with Crippen molar-refractivity contribution in [2.45, 2.75) is 29.5 Å². The lowest BCUT2D eigenvalue weighted by atomic mass is 9.67. The number of aryl methyl sites for hydroxylation is 1. The van der Waals surface area contributed by atoms with Crippen LogP contribution in [-0.2, 0) is 9.59 Å². The average molecular weight is 509 g/mol. The largest absolute Gasteiger partial charge is 0.307 e. The Morgan fingerprint density at radius 1 is 0.971 bits per heavy atom. The Balaban J connectivity index is 1.34. The second kappa shape index (κ2) is 7.33. The highest BCUT2D eigenvalue weighted by molar-refractivity contribution is 8.00. The molecule has 3 fully saturated rings. The molecular weight excluding hydrogens is 488 g/mol. The first-order valence-electron chi connectivity index (χ1n) is 11.5. The number of aromatic nitrogens is 1. The monoisotopic (exact) mass is 508 g/mol. The summed E-state index contributed by atoms with van der Waals surface area (Å²) in [4.78, 5) is 45.2. The van der Waals surface area contributed by atoms with E-state index in [4.69, 9.17) is 11.6 Å². The molecule has 4 aliphatic rings. The molecule has 3 aromatic rings. The van der Waals surface area contributed by atoms with Crippen LogP contribution in [-0.4, -0.2) is 22.0 Å². The minimum atomic E-state index is -0.293. The minimum absolute atomic E-state index is 0.0373. The Labute approximate surface area is 209 Å². The van der Waals surface area contributed by atoms with Crippen molar-refractivity contribution >= 4 is 52.2 Å². The molecule has 1 N–H and O–H groups in total. The van der Waals surface area contributed by atoms with E-state index in [9.17, 15) is 14.4 Å².